The predicted octanol–water partition coefficient (Wildman–Crippen LogP) is 2.11. The largest absolute Gasteiger partial charge is 0.383 e. The number of ether oxygens (including phenoxy) is 1. The minimum Gasteiger partial charge on any atom is -0.383 e. The van der Waals surface area contributed by atoms with E-state index >= 15 is 0 Å². The average molecular weight is 295 g/mol. The first-order valence-corrected chi connectivity index (χ1v) is 6.77. The Morgan fingerprint density at radius 2 is 2.15 bits per heavy atom. The standard InChI is InChI=1S/C13H14FN3O2S/c1-8(7-19-2)15-13(18)12-11(16-17-20-12)9-3-5-10(14)6-4-9/h3-6,8H,7H2,1-2H3,(H,15,18). The Morgan fingerprint density at radius 3 is 2.80 bits per heavy atom. The number of carbonyl (C=O) groups is 1. The summed E-state index contributed by atoms with van der Waals surface area (Å²) in [6.07, 6.45) is 0. The number of benzene rings is 1. The third-order valence-corrected chi connectivity index (χ3v) is 3.33. The minimum absolute atomic E-state index is 0.115. The third kappa shape index (κ3) is 3.37. The van der Waals surface area contributed by atoms with E-state index in [2.05, 4.69) is 14.9 Å². The van der Waals surface area contributed by atoms with E-state index in [1.54, 1.807) is 19.2 Å². The van der Waals surface area contributed by atoms with Crippen LogP contribution < -0.4 is 5.32 Å². The van der Waals surface area contributed by atoms with Gasteiger partial charge in [0.25, 0.3) is 5.91 Å². The molecule has 106 valence electrons. The second-order valence-corrected chi connectivity index (χ2v) is 5.04. The molecule has 0 fully saturated rings. The van der Waals surface area contributed by atoms with Crippen LogP contribution in [0.2, 0.25) is 0 Å². The molecular formula is C13H14FN3O2S. The summed E-state index contributed by atoms with van der Waals surface area (Å²) >= 11 is 1.01. The molecule has 1 amide bonds. The van der Waals surface area contributed by atoms with Crippen molar-refractivity contribution in [1.29, 1.82) is 0 Å². The van der Waals surface area contributed by atoms with Crippen LogP contribution in [-0.2, 0) is 4.74 Å². The van der Waals surface area contributed by atoms with Gasteiger partial charge >= 0.3 is 0 Å². The summed E-state index contributed by atoms with van der Waals surface area (Å²) in [6.45, 7) is 2.26. The number of rotatable bonds is 5. The molecule has 2 rings (SSSR count). The molecule has 1 unspecified atom stereocenters. The molecule has 0 saturated carbocycles. The van der Waals surface area contributed by atoms with Gasteiger partial charge < -0.3 is 10.1 Å². The quantitative estimate of drug-likeness (QED) is 0.917. The Morgan fingerprint density at radius 1 is 1.45 bits per heavy atom. The molecule has 1 aromatic heterocycles. The van der Waals surface area contributed by atoms with E-state index in [0.29, 0.717) is 22.7 Å². The van der Waals surface area contributed by atoms with Crippen molar-refractivity contribution in [2.24, 2.45) is 0 Å². The summed E-state index contributed by atoms with van der Waals surface area (Å²) in [4.78, 5) is 12.5. The van der Waals surface area contributed by atoms with Gasteiger partial charge in [0.15, 0.2) is 0 Å². The van der Waals surface area contributed by atoms with Gasteiger partial charge in [0.05, 0.1) is 6.61 Å². The lowest BCUT2D eigenvalue weighted by molar-refractivity contribution is 0.0910. The van der Waals surface area contributed by atoms with Gasteiger partial charge in [-0.15, -0.1) is 5.10 Å². The molecule has 0 aliphatic heterocycles. The zero-order valence-corrected chi connectivity index (χ0v) is 11.9. The topological polar surface area (TPSA) is 64.1 Å². The van der Waals surface area contributed by atoms with Crippen molar-refractivity contribution < 1.29 is 13.9 Å². The van der Waals surface area contributed by atoms with Crippen molar-refractivity contribution in [3.05, 3.63) is 35.0 Å². The maximum Gasteiger partial charge on any atom is 0.265 e. The maximum atomic E-state index is 12.9. The second-order valence-electron chi connectivity index (χ2n) is 4.29. The molecule has 1 N–H and O–H groups in total. The van der Waals surface area contributed by atoms with Gasteiger partial charge in [0, 0.05) is 18.7 Å². The lowest BCUT2D eigenvalue weighted by atomic mass is 10.1. The minimum atomic E-state index is -0.336. The molecule has 1 atom stereocenters. The van der Waals surface area contributed by atoms with Gasteiger partial charge in [0.2, 0.25) is 0 Å². The Hall–Kier alpha value is -1.86. The zero-order valence-electron chi connectivity index (χ0n) is 11.1. The van der Waals surface area contributed by atoms with Crippen LogP contribution in [0.25, 0.3) is 11.3 Å². The number of nitrogens with zero attached hydrogens (tertiary/aromatic N) is 2. The molecule has 0 aliphatic carbocycles. The van der Waals surface area contributed by atoms with E-state index in [1.807, 2.05) is 6.92 Å². The van der Waals surface area contributed by atoms with Gasteiger partial charge in [0.1, 0.15) is 16.4 Å². The molecule has 0 aliphatic rings. The maximum absolute atomic E-state index is 12.9. The molecule has 0 spiro atoms. The molecule has 1 aromatic carbocycles. The van der Waals surface area contributed by atoms with Crippen LogP contribution in [0.3, 0.4) is 0 Å². The number of hydrogen-bond acceptors (Lipinski definition) is 5. The third-order valence-electron chi connectivity index (χ3n) is 2.61. The van der Waals surface area contributed by atoms with Crippen LogP contribution in [0.15, 0.2) is 24.3 Å². The summed E-state index contributed by atoms with van der Waals surface area (Å²) < 4.78 is 21.7. The lowest BCUT2D eigenvalue weighted by Crippen LogP contribution is -2.35. The van der Waals surface area contributed by atoms with Crippen LogP contribution in [0.4, 0.5) is 4.39 Å². The first-order valence-electron chi connectivity index (χ1n) is 6.00. The molecule has 0 bridgehead atoms. The zero-order chi connectivity index (χ0) is 14.5. The van der Waals surface area contributed by atoms with Gasteiger partial charge in [-0.3, -0.25) is 4.79 Å². The van der Waals surface area contributed by atoms with Crippen LogP contribution in [0, 0.1) is 5.82 Å². The number of nitrogens with one attached hydrogen (secondary N) is 1. The van der Waals surface area contributed by atoms with Gasteiger partial charge in [-0.1, -0.05) is 4.49 Å². The van der Waals surface area contributed by atoms with E-state index in [-0.39, 0.29) is 17.8 Å². The molecule has 5 nitrogen and oxygen atoms in total. The van der Waals surface area contributed by atoms with E-state index < -0.39 is 0 Å². The molecule has 7 heteroatoms. The highest BCUT2D eigenvalue weighted by Crippen LogP contribution is 2.24. The van der Waals surface area contributed by atoms with E-state index in [4.69, 9.17) is 4.74 Å². The summed E-state index contributed by atoms with van der Waals surface area (Å²) in [5.74, 6) is -0.597. The number of methoxy groups -OCH3 is 1. The second kappa shape index (κ2) is 6.53. The SMILES string of the molecule is COCC(C)NC(=O)c1snnc1-c1ccc(F)cc1. The predicted molar refractivity (Wildman–Crippen MR) is 74.1 cm³/mol. The van der Waals surface area contributed by atoms with E-state index in [0.717, 1.165) is 11.5 Å². The molecule has 20 heavy (non-hydrogen) atoms. The van der Waals surface area contributed by atoms with E-state index in [1.165, 1.54) is 12.1 Å². The molecule has 0 radical (unpaired) electrons. The van der Waals surface area contributed by atoms with Crippen LogP contribution in [-0.4, -0.2) is 35.3 Å². The highest BCUT2D eigenvalue weighted by Gasteiger charge is 2.19. The summed E-state index contributed by atoms with van der Waals surface area (Å²) in [6, 6.07) is 5.67. The highest BCUT2D eigenvalue weighted by molar-refractivity contribution is 7.08. The molecule has 2 aromatic rings. The average Bonchev–Trinajstić information content (AvgIpc) is 2.89. The normalized spacial score (nSPS) is 12.2. The first-order chi connectivity index (χ1) is 9.61. The Balaban J connectivity index is 2.20. The van der Waals surface area contributed by atoms with Crippen molar-refractivity contribution in [1.82, 2.24) is 14.9 Å². The molecule has 0 saturated heterocycles. The van der Waals surface area contributed by atoms with Crippen molar-refractivity contribution in [3.63, 3.8) is 0 Å². The van der Waals surface area contributed by atoms with Gasteiger partial charge in [-0.25, -0.2) is 4.39 Å². The summed E-state index contributed by atoms with van der Waals surface area (Å²) in [5, 5.41) is 6.74. The van der Waals surface area contributed by atoms with Crippen molar-refractivity contribution in [2.45, 2.75) is 13.0 Å². The molecule has 1 heterocycles. The fraction of sp³-hybridized carbons (Fsp3) is 0.308. The Kier molecular flexibility index (Phi) is 4.75. The fourth-order valence-corrected chi connectivity index (χ4v) is 2.31. The van der Waals surface area contributed by atoms with Crippen LogP contribution in [0.5, 0.6) is 0 Å². The smallest absolute Gasteiger partial charge is 0.265 e. The van der Waals surface area contributed by atoms with Crippen molar-refractivity contribution in [2.75, 3.05) is 13.7 Å². The number of amides is 1. The Bertz CT molecular complexity index is 586. The number of aromatic nitrogens is 2. The Labute approximate surface area is 119 Å². The highest BCUT2D eigenvalue weighted by atomic mass is 32.1. The van der Waals surface area contributed by atoms with Crippen molar-refractivity contribution >= 4 is 17.4 Å². The first kappa shape index (κ1) is 14.5. The fourth-order valence-electron chi connectivity index (χ4n) is 1.72. The van der Waals surface area contributed by atoms with Crippen LogP contribution >= 0.6 is 11.5 Å². The van der Waals surface area contributed by atoms with E-state index in [9.17, 15) is 9.18 Å². The van der Waals surface area contributed by atoms with Crippen molar-refractivity contribution in [3.8, 4) is 11.3 Å². The monoisotopic (exact) mass is 295 g/mol. The number of halogens is 1. The number of carbonyl (C=O) groups excluding carboxylic acids is 1. The lowest BCUT2D eigenvalue weighted by Gasteiger charge is -2.11. The summed E-state index contributed by atoms with van der Waals surface area (Å²) in [7, 11) is 1.57. The summed E-state index contributed by atoms with van der Waals surface area (Å²) in [5.41, 5.74) is 1.11. The van der Waals surface area contributed by atoms with Gasteiger partial charge in [-0.05, 0) is 42.7 Å². The molecular weight excluding hydrogens is 281 g/mol. The van der Waals surface area contributed by atoms with Crippen LogP contribution in [0.1, 0.15) is 16.6 Å². The van der Waals surface area contributed by atoms with Gasteiger partial charge in [-0.2, -0.15) is 0 Å². The number of hydrogen-bond donors (Lipinski definition) is 1.